The molecular weight excluding hydrogens is 342 g/mol. The summed E-state index contributed by atoms with van der Waals surface area (Å²) in [5.74, 6) is -2.16. The van der Waals surface area contributed by atoms with Crippen LogP contribution in [0.4, 0.5) is 14.7 Å². The first-order valence-corrected chi connectivity index (χ1v) is 9.18. The first-order chi connectivity index (χ1) is 12.5. The number of carbonyl (C=O) groups excluding carboxylic acids is 1. The SMILES string of the molecule is O=C(C1C[C@H](N2CCN(c3ncccn3)CC2)CN1)N1CCC(F)(F)C1. The Morgan fingerprint density at radius 3 is 2.54 bits per heavy atom. The van der Waals surface area contributed by atoms with E-state index in [1.165, 1.54) is 4.90 Å². The van der Waals surface area contributed by atoms with Gasteiger partial charge in [-0.15, -0.1) is 0 Å². The lowest BCUT2D eigenvalue weighted by molar-refractivity contribution is -0.133. The molecule has 2 atom stereocenters. The summed E-state index contributed by atoms with van der Waals surface area (Å²) in [7, 11) is 0. The summed E-state index contributed by atoms with van der Waals surface area (Å²) in [6.45, 7) is 3.90. The van der Waals surface area contributed by atoms with E-state index in [0.29, 0.717) is 6.42 Å². The highest BCUT2D eigenvalue weighted by atomic mass is 19.3. The molecule has 0 spiro atoms. The number of rotatable bonds is 3. The van der Waals surface area contributed by atoms with Gasteiger partial charge in [-0.2, -0.15) is 0 Å². The summed E-state index contributed by atoms with van der Waals surface area (Å²) >= 11 is 0. The van der Waals surface area contributed by atoms with Crippen LogP contribution in [0.3, 0.4) is 0 Å². The zero-order chi connectivity index (χ0) is 18.1. The maximum Gasteiger partial charge on any atom is 0.267 e. The monoisotopic (exact) mass is 366 g/mol. The zero-order valence-electron chi connectivity index (χ0n) is 14.7. The van der Waals surface area contributed by atoms with Gasteiger partial charge in [0.2, 0.25) is 11.9 Å². The van der Waals surface area contributed by atoms with Crippen LogP contribution in [0.25, 0.3) is 0 Å². The molecule has 1 unspecified atom stereocenters. The van der Waals surface area contributed by atoms with Gasteiger partial charge in [0.25, 0.3) is 5.92 Å². The van der Waals surface area contributed by atoms with Crippen LogP contribution in [0.2, 0.25) is 0 Å². The minimum Gasteiger partial charge on any atom is -0.338 e. The van der Waals surface area contributed by atoms with Crippen molar-refractivity contribution in [2.45, 2.75) is 30.8 Å². The molecule has 1 aromatic heterocycles. The first-order valence-electron chi connectivity index (χ1n) is 9.18. The highest BCUT2D eigenvalue weighted by Gasteiger charge is 2.43. The molecule has 0 aliphatic carbocycles. The van der Waals surface area contributed by atoms with Gasteiger partial charge in [0.15, 0.2) is 0 Å². The molecule has 1 amide bonds. The number of nitrogens with one attached hydrogen (secondary N) is 1. The van der Waals surface area contributed by atoms with E-state index in [-0.39, 0.29) is 31.0 Å². The van der Waals surface area contributed by atoms with E-state index in [1.807, 2.05) is 0 Å². The van der Waals surface area contributed by atoms with Crippen LogP contribution in [-0.2, 0) is 4.79 Å². The zero-order valence-corrected chi connectivity index (χ0v) is 14.7. The summed E-state index contributed by atoms with van der Waals surface area (Å²) < 4.78 is 26.7. The molecule has 7 nitrogen and oxygen atoms in total. The molecule has 142 valence electrons. The van der Waals surface area contributed by atoms with Crippen LogP contribution in [0.15, 0.2) is 18.5 Å². The fourth-order valence-electron chi connectivity index (χ4n) is 4.07. The van der Waals surface area contributed by atoms with Crippen LogP contribution < -0.4 is 10.2 Å². The van der Waals surface area contributed by atoms with Gasteiger partial charge in [-0.3, -0.25) is 9.69 Å². The van der Waals surface area contributed by atoms with Crippen LogP contribution >= 0.6 is 0 Å². The number of piperazine rings is 1. The molecule has 0 radical (unpaired) electrons. The van der Waals surface area contributed by atoms with Gasteiger partial charge in [0.1, 0.15) is 0 Å². The van der Waals surface area contributed by atoms with Crippen molar-refractivity contribution < 1.29 is 13.6 Å². The van der Waals surface area contributed by atoms with Crippen molar-refractivity contribution in [1.82, 2.24) is 25.1 Å². The molecule has 0 bridgehead atoms. The Morgan fingerprint density at radius 1 is 1.15 bits per heavy atom. The third-order valence-corrected chi connectivity index (χ3v) is 5.55. The van der Waals surface area contributed by atoms with E-state index in [9.17, 15) is 13.6 Å². The second-order valence-electron chi connectivity index (χ2n) is 7.29. The van der Waals surface area contributed by atoms with Crippen LogP contribution in [-0.4, -0.2) is 89.5 Å². The van der Waals surface area contributed by atoms with E-state index in [4.69, 9.17) is 0 Å². The number of hydrogen-bond donors (Lipinski definition) is 1. The summed E-state index contributed by atoms with van der Waals surface area (Å²) in [6.07, 6.45) is 3.95. The third kappa shape index (κ3) is 3.64. The molecule has 4 heterocycles. The molecule has 0 aromatic carbocycles. The molecule has 0 saturated carbocycles. The van der Waals surface area contributed by atoms with Crippen molar-refractivity contribution in [2.24, 2.45) is 0 Å². The van der Waals surface area contributed by atoms with Crippen LogP contribution in [0.1, 0.15) is 12.8 Å². The number of halogens is 2. The molecule has 26 heavy (non-hydrogen) atoms. The van der Waals surface area contributed by atoms with Crippen molar-refractivity contribution >= 4 is 11.9 Å². The molecule has 3 aliphatic rings. The number of alkyl halides is 2. The second-order valence-corrected chi connectivity index (χ2v) is 7.29. The molecule has 1 N–H and O–H groups in total. The summed E-state index contributed by atoms with van der Waals surface area (Å²) in [5, 5.41) is 3.23. The van der Waals surface area contributed by atoms with E-state index < -0.39 is 12.5 Å². The van der Waals surface area contributed by atoms with Crippen molar-refractivity contribution in [2.75, 3.05) is 50.7 Å². The maximum absolute atomic E-state index is 13.3. The largest absolute Gasteiger partial charge is 0.338 e. The third-order valence-electron chi connectivity index (χ3n) is 5.55. The Bertz CT molecular complexity index is 637. The minimum absolute atomic E-state index is 0.157. The molecular formula is C17H24F2N6O. The van der Waals surface area contributed by atoms with Gasteiger partial charge in [0, 0.05) is 64.1 Å². The van der Waals surface area contributed by atoms with Gasteiger partial charge in [-0.1, -0.05) is 0 Å². The van der Waals surface area contributed by atoms with Gasteiger partial charge in [-0.25, -0.2) is 18.7 Å². The van der Waals surface area contributed by atoms with E-state index in [0.717, 1.165) is 38.7 Å². The lowest BCUT2D eigenvalue weighted by atomic mass is 10.1. The highest BCUT2D eigenvalue weighted by molar-refractivity contribution is 5.82. The minimum atomic E-state index is -2.73. The molecule has 3 fully saturated rings. The van der Waals surface area contributed by atoms with E-state index >= 15 is 0 Å². The Kier molecular flexibility index (Phi) is 4.74. The normalized spacial score (nSPS) is 29.3. The number of nitrogens with zero attached hydrogens (tertiary/aromatic N) is 5. The van der Waals surface area contributed by atoms with Crippen molar-refractivity contribution in [3.8, 4) is 0 Å². The molecule has 3 aliphatic heterocycles. The number of amides is 1. The summed E-state index contributed by atoms with van der Waals surface area (Å²) in [5.41, 5.74) is 0. The number of anilines is 1. The molecule has 9 heteroatoms. The van der Waals surface area contributed by atoms with E-state index in [2.05, 4.69) is 25.1 Å². The number of carbonyl (C=O) groups is 1. The molecule has 1 aromatic rings. The van der Waals surface area contributed by atoms with Gasteiger partial charge in [-0.05, 0) is 12.5 Å². The van der Waals surface area contributed by atoms with Crippen LogP contribution in [0.5, 0.6) is 0 Å². The quantitative estimate of drug-likeness (QED) is 0.824. The fourth-order valence-corrected chi connectivity index (χ4v) is 4.07. The smallest absolute Gasteiger partial charge is 0.267 e. The van der Waals surface area contributed by atoms with Crippen LogP contribution in [0, 0.1) is 0 Å². The molecule has 4 rings (SSSR count). The van der Waals surface area contributed by atoms with Crippen molar-refractivity contribution in [3.63, 3.8) is 0 Å². The fraction of sp³-hybridized carbons (Fsp3) is 0.706. The van der Waals surface area contributed by atoms with Gasteiger partial charge < -0.3 is 15.1 Å². The average Bonchev–Trinajstić information content (AvgIpc) is 3.29. The average molecular weight is 366 g/mol. The lowest BCUT2D eigenvalue weighted by Gasteiger charge is -2.37. The topological polar surface area (TPSA) is 64.6 Å². The number of hydrogen-bond acceptors (Lipinski definition) is 6. The predicted octanol–water partition coefficient (Wildman–Crippen LogP) is 0.197. The van der Waals surface area contributed by atoms with Crippen molar-refractivity contribution in [3.05, 3.63) is 18.5 Å². The van der Waals surface area contributed by atoms with E-state index in [1.54, 1.807) is 18.5 Å². The second kappa shape index (κ2) is 7.03. The molecule has 3 saturated heterocycles. The Labute approximate surface area is 151 Å². The Balaban J connectivity index is 1.28. The lowest BCUT2D eigenvalue weighted by Crippen LogP contribution is -2.51. The maximum atomic E-state index is 13.3. The highest BCUT2D eigenvalue weighted by Crippen LogP contribution is 2.28. The Hall–Kier alpha value is -1.87. The number of likely N-dealkylation sites (tertiary alicyclic amines) is 1. The van der Waals surface area contributed by atoms with Gasteiger partial charge >= 0.3 is 0 Å². The Morgan fingerprint density at radius 2 is 1.88 bits per heavy atom. The predicted molar refractivity (Wildman–Crippen MR) is 92.2 cm³/mol. The first kappa shape index (κ1) is 17.5. The van der Waals surface area contributed by atoms with Gasteiger partial charge in [0.05, 0.1) is 12.6 Å². The summed E-state index contributed by atoms with van der Waals surface area (Å²) in [4.78, 5) is 26.9. The number of aromatic nitrogens is 2. The summed E-state index contributed by atoms with van der Waals surface area (Å²) in [6, 6.07) is 1.73. The van der Waals surface area contributed by atoms with Crippen molar-refractivity contribution in [1.29, 1.82) is 0 Å². The standard InChI is InChI=1S/C17H24F2N6O/c18-17(19)2-5-25(12-17)15(26)14-10-13(11-22-14)23-6-8-24(9-7-23)16-20-3-1-4-21-16/h1,3-4,13-14,22H,2,5-12H2/t13-,14?/m0/s1.